The lowest BCUT2D eigenvalue weighted by Crippen LogP contribution is -2.41. The summed E-state index contributed by atoms with van der Waals surface area (Å²) in [6.45, 7) is 0. The average molecular weight is 302 g/mol. The first-order valence-corrected chi connectivity index (χ1v) is 7.17. The number of nitrogens with one attached hydrogen (secondary N) is 2. The van der Waals surface area contributed by atoms with Crippen molar-refractivity contribution in [1.29, 1.82) is 0 Å². The minimum absolute atomic E-state index is 0.0440. The number of Topliss-reactive ketones (excluding diaryl/α,β-unsaturated/α-hetero) is 1. The van der Waals surface area contributed by atoms with Gasteiger partial charge in [0.05, 0.1) is 5.92 Å². The van der Waals surface area contributed by atoms with E-state index in [0.717, 1.165) is 0 Å². The van der Waals surface area contributed by atoms with Crippen LogP contribution in [0.5, 0.6) is 0 Å². The largest absolute Gasteiger partial charge is 0.329 e. The van der Waals surface area contributed by atoms with Crippen molar-refractivity contribution in [2.24, 2.45) is 5.92 Å². The predicted octanol–water partition coefficient (Wildman–Crippen LogP) is 1.91. The average Bonchev–Trinajstić information content (AvgIpc) is 2.48. The zero-order valence-corrected chi connectivity index (χ0v) is 11.8. The molecular weight excluding hydrogens is 287 g/mol. The Morgan fingerprint density at radius 2 is 1.91 bits per heavy atom. The van der Waals surface area contributed by atoms with Crippen LogP contribution in [0.15, 0.2) is 35.5 Å². The first-order chi connectivity index (χ1) is 10.5. The number of ketones is 1. The quantitative estimate of drug-likeness (QED) is 0.876. The van der Waals surface area contributed by atoms with Crippen LogP contribution in [0, 0.1) is 11.7 Å². The molecule has 0 unspecified atom stereocenters. The number of halogens is 1. The lowest BCUT2D eigenvalue weighted by Gasteiger charge is -2.30. The van der Waals surface area contributed by atoms with Crippen molar-refractivity contribution in [3.63, 3.8) is 0 Å². The molecular formula is C16H15FN2O3. The molecule has 0 saturated carbocycles. The zero-order chi connectivity index (χ0) is 15.7. The van der Waals surface area contributed by atoms with Gasteiger partial charge in [0.2, 0.25) is 11.8 Å². The van der Waals surface area contributed by atoms with Gasteiger partial charge in [-0.05, 0) is 37.1 Å². The van der Waals surface area contributed by atoms with Crippen molar-refractivity contribution in [1.82, 2.24) is 5.32 Å². The van der Waals surface area contributed by atoms with Crippen LogP contribution in [0.1, 0.15) is 25.7 Å². The Kier molecular flexibility index (Phi) is 3.75. The highest BCUT2D eigenvalue weighted by Gasteiger charge is 2.37. The smallest absolute Gasteiger partial charge is 0.232 e. The third-order valence-electron chi connectivity index (χ3n) is 3.91. The van der Waals surface area contributed by atoms with Gasteiger partial charge in [-0.25, -0.2) is 4.39 Å². The molecule has 0 saturated heterocycles. The van der Waals surface area contributed by atoms with Gasteiger partial charge in [-0.2, -0.15) is 0 Å². The van der Waals surface area contributed by atoms with E-state index in [9.17, 15) is 18.8 Å². The number of amides is 2. The number of carbonyl (C=O) groups is 3. The van der Waals surface area contributed by atoms with Crippen LogP contribution < -0.4 is 10.6 Å². The van der Waals surface area contributed by atoms with Crippen LogP contribution in [0.25, 0.3) is 0 Å². The van der Waals surface area contributed by atoms with Crippen LogP contribution >= 0.6 is 0 Å². The Morgan fingerprint density at radius 3 is 2.64 bits per heavy atom. The van der Waals surface area contributed by atoms with Crippen LogP contribution in [-0.2, 0) is 14.4 Å². The molecule has 0 spiro atoms. The van der Waals surface area contributed by atoms with E-state index in [2.05, 4.69) is 10.6 Å². The number of hydrogen-bond donors (Lipinski definition) is 2. The third-order valence-corrected chi connectivity index (χ3v) is 3.91. The lowest BCUT2D eigenvalue weighted by molar-refractivity contribution is -0.128. The van der Waals surface area contributed by atoms with Gasteiger partial charge < -0.3 is 10.6 Å². The standard InChI is InChI=1S/C16H15FN2O3/c17-9-4-6-10(7-5-9)18-16(22)11-8-14(21)19-12-2-1-3-13(20)15(11)12/h4-7,11H,1-3,8H2,(H,18,22)(H,19,21)/t11-/m0/s1. The number of allylic oxidation sites excluding steroid dienone is 1. The Morgan fingerprint density at radius 1 is 1.18 bits per heavy atom. The van der Waals surface area contributed by atoms with Crippen LogP contribution in [0.4, 0.5) is 10.1 Å². The van der Waals surface area contributed by atoms with Gasteiger partial charge in [-0.3, -0.25) is 14.4 Å². The van der Waals surface area contributed by atoms with Crippen LogP contribution in [0.3, 0.4) is 0 Å². The fraction of sp³-hybridized carbons (Fsp3) is 0.312. The summed E-state index contributed by atoms with van der Waals surface area (Å²) in [5.74, 6) is -1.93. The lowest BCUT2D eigenvalue weighted by atomic mass is 9.81. The van der Waals surface area contributed by atoms with E-state index in [1.165, 1.54) is 24.3 Å². The molecule has 0 radical (unpaired) electrons. The molecule has 1 heterocycles. The number of hydrogen-bond acceptors (Lipinski definition) is 3. The van der Waals surface area contributed by atoms with E-state index in [4.69, 9.17) is 0 Å². The summed E-state index contributed by atoms with van der Waals surface area (Å²) in [5, 5.41) is 5.34. The van der Waals surface area contributed by atoms with Crippen LogP contribution in [0.2, 0.25) is 0 Å². The minimum atomic E-state index is -0.776. The first-order valence-electron chi connectivity index (χ1n) is 7.17. The molecule has 2 amide bonds. The molecule has 5 nitrogen and oxygen atoms in total. The molecule has 0 bridgehead atoms. The topological polar surface area (TPSA) is 75.3 Å². The monoisotopic (exact) mass is 302 g/mol. The van der Waals surface area contributed by atoms with E-state index in [1.807, 2.05) is 0 Å². The highest BCUT2D eigenvalue weighted by atomic mass is 19.1. The van der Waals surface area contributed by atoms with Crippen molar-refractivity contribution in [3.05, 3.63) is 41.4 Å². The maximum absolute atomic E-state index is 12.9. The van der Waals surface area contributed by atoms with Crippen LogP contribution in [-0.4, -0.2) is 17.6 Å². The molecule has 1 aliphatic heterocycles. The second-order valence-corrected chi connectivity index (χ2v) is 5.47. The van der Waals surface area contributed by atoms with E-state index in [1.54, 1.807) is 0 Å². The van der Waals surface area contributed by atoms with Gasteiger partial charge in [0.1, 0.15) is 5.82 Å². The molecule has 1 atom stereocenters. The summed E-state index contributed by atoms with van der Waals surface area (Å²) >= 11 is 0. The van der Waals surface area contributed by atoms with E-state index >= 15 is 0 Å². The molecule has 6 heteroatoms. The number of rotatable bonds is 2. The minimum Gasteiger partial charge on any atom is -0.329 e. The van der Waals surface area contributed by atoms with Gasteiger partial charge in [0, 0.05) is 29.8 Å². The maximum atomic E-state index is 12.9. The Bertz CT molecular complexity index is 679. The van der Waals surface area contributed by atoms with Gasteiger partial charge in [0.15, 0.2) is 5.78 Å². The summed E-state index contributed by atoms with van der Waals surface area (Å²) < 4.78 is 12.9. The molecule has 0 fully saturated rings. The predicted molar refractivity (Wildman–Crippen MR) is 77.2 cm³/mol. The second kappa shape index (κ2) is 5.71. The summed E-state index contributed by atoms with van der Waals surface area (Å²) in [7, 11) is 0. The Hall–Kier alpha value is -2.50. The Balaban J connectivity index is 1.85. The maximum Gasteiger partial charge on any atom is 0.232 e. The molecule has 1 aromatic carbocycles. The SMILES string of the molecule is O=C1C[C@H](C(=O)Nc2ccc(F)cc2)C2=C(CCCC2=O)N1. The summed E-state index contributed by atoms with van der Waals surface area (Å²) in [6, 6.07) is 5.35. The zero-order valence-electron chi connectivity index (χ0n) is 11.8. The molecule has 0 aromatic heterocycles. The highest BCUT2D eigenvalue weighted by molar-refractivity contribution is 6.08. The first kappa shape index (κ1) is 14.4. The molecule has 2 N–H and O–H groups in total. The van der Waals surface area contributed by atoms with Crippen molar-refractivity contribution >= 4 is 23.3 Å². The molecule has 22 heavy (non-hydrogen) atoms. The number of carbonyl (C=O) groups excluding carboxylic acids is 3. The van der Waals surface area contributed by atoms with Crippen molar-refractivity contribution in [3.8, 4) is 0 Å². The Labute approximate surface area is 126 Å². The molecule has 3 rings (SSSR count). The number of benzene rings is 1. The third kappa shape index (κ3) is 2.77. The van der Waals surface area contributed by atoms with Gasteiger partial charge in [-0.15, -0.1) is 0 Å². The van der Waals surface area contributed by atoms with Gasteiger partial charge >= 0.3 is 0 Å². The van der Waals surface area contributed by atoms with Crippen molar-refractivity contribution < 1.29 is 18.8 Å². The second-order valence-electron chi connectivity index (χ2n) is 5.47. The van der Waals surface area contributed by atoms with E-state index in [-0.39, 0.29) is 18.1 Å². The molecule has 114 valence electrons. The summed E-state index contributed by atoms with van der Waals surface area (Å²) in [5.41, 5.74) is 1.43. The van der Waals surface area contributed by atoms with E-state index < -0.39 is 17.6 Å². The van der Waals surface area contributed by atoms with Crippen molar-refractivity contribution in [2.45, 2.75) is 25.7 Å². The van der Waals surface area contributed by atoms with Gasteiger partial charge in [0.25, 0.3) is 0 Å². The summed E-state index contributed by atoms with van der Waals surface area (Å²) in [4.78, 5) is 36.3. The van der Waals surface area contributed by atoms with Crippen molar-refractivity contribution in [2.75, 3.05) is 5.32 Å². The van der Waals surface area contributed by atoms with Gasteiger partial charge in [-0.1, -0.05) is 0 Å². The fourth-order valence-electron chi connectivity index (χ4n) is 2.89. The molecule has 1 aliphatic carbocycles. The number of anilines is 1. The molecule has 2 aliphatic rings. The fourth-order valence-corrected chi connectivity index (χ4v) is 2.89. The molecule has 1 aromatic rings. The summed E-state index contributed by atoms with van der Waals surface area (Å²) in [6.07, 6.45) is 1.64. The normalized spacial score (nSPS) is 21.2. The van der Waals surface area contributed by atoms with E-state index in [0.29, 0.717) is 36.2 Å². The highest BCUT2D eigenvalue weighted by Crippen LogP contribution is 2.32.